The van der Waals surface area contributed by atoms with E-state index in [1.807, 2.05) is 37.0 Å². The van der Waals surface area contributed by atoms with E-state index >= 15 is 0 Å². The summed E-state index contributed by atoms with van der Waals surface area (Å²) in [5.41, 5.74) is 0.790. The number of aromatic nitrogens is 1. The highest BCUT2D eigenvalue weighted by Crippen LogP contribution is 2.08. The zero-order valence-corrected chi connectivity index (χ0v) is 10.7. The van der Waals surface area contributed by atoms with Gasteiger partial charge in [0.05, 0.1) is 12.2 Å². The lowest BCUT2D eigenvalue weighted by molar-refractivity contribution is 0.0907. The van der Waals surface area contributed by atoms with Gasteiger partial charge in [-0.15, -0.1) is 0 Å². The Morgan fingerprint density at radius 1 is 1.44 bits per heavy atom. The van der Waals surface area contributed by atoms with Gasteiger partial charge in [0.2, 0.25) is 0 Å². The molecular weight excluding hydrogens is 200 g/mol. The van der Waals surface area contributed by atoms with Gasteiger partial charge in [-0.3, -0.25) is 9.69 Å². The maximum Gasteiger partial charge on any atom is 0.193 e. The van der Waals surface area contributed by atoms with Crippen molar-refractivity contribution < 1.29 is 4.79 Å². The number of nitrogens with zero attached hydrogens (tertiary/aromatic N) is 2. The fraction of sp³-hybridized carbons (Fsp3) is 0.615. The topological polar surface area (TPSA) is 25.2 Å². The van der Waals surface area contributed by atoms with Crippen LogP contribution in [-0.2, 0) is 7.05 Å². The molecule has 3 nitrogen and oxygen atoms in total. The van der Waals surface area contributed by atoms with Gasteiger partial charge in [-0.2, -0.15) is 0 Å². The van der Waals surface area contributed by atoms with Gasteiger partial charge < -0.3 is 4.57 Å². The Bertz CT molecular complexity index is 339. The van der Waals surface area contributed by atoms with Crippen molar-refractivity contribution in [2.75, 3.05) is 13.6 Å². The van der Waals surface area contributed by atoms with Gasteiger partial charge in [0.15, 0.2) is 5.78 Å². The van der Waals surface area contributed by atoms with Gasteiger partial charge >= 0.3 is 0 Å². The molecule has 3 heteroatoms. The molecule has 1 aromatic heterocycles. The Hall–Kier alpha value is -1.09. The van der Waals surface area contributed by atoms with E-state index in [0.29, 0.717) is 12.6 Å². The summed E-state index contributed by atoms with van der Waals surface area (Å²) < 4.78 is 1.88. The van der Waals surface area contributed by atoms with Crippen molar-refractivity contribution in [1.29, 1.82) is 0 Å². The molecule has 0 aliphatic heterocycles. The van der Waals surface area contributed by atoms with E-state index in [4.69, 9.17) is 0 Å². The molecule has 0 amide bonds. The van der Waals surface area contributed by atoms with Gasteiger partial charge in [0.1, 0.15) is 0 Å². The highest BCUT2D eigenvalue weighted by Gasteiger charge is 2.16. The number of aryl methyl sites for hydroxylation is 1. The fourth-order valence-electron chi connectivity index (χ4n) is 2.10. The molecule has 0 atom stereocenters. The minimum Gasteiger partial charge on any atom is -0.348 e. The van der Waals surface area contributed by atoms with E-state index in [0.717, 1.165) is 18.5 Å². The van der Waals surface area contributed by atoms with Crippen LogP contribution in [0.1, 0.15) is 37.2 Å². The van der Waals surface area contributed by atoms with Gasteiger partial charge in [-0.25, -0.2) is 0 Å². The third-order valence-electron chi connectivity index (χ3n) is 3.19. The summed E-state index contributed by atoms with van der Waals surface area (Å²) in [7, 11) is 3.93. The van der Waals surface area contributed by atoms with Crippen LogP contribution in [0.4, 0.5) is 0 Å². The van der Waals surface area contributed by atoms with Crippen LogP contribution in [-0.4, -0.2) is 34.9 Å². The van der Waals surface area contributed by atoms with E-state index in [1.54, 1.807) is 0 Å². The first-order chi connectivity index (χ1) is 7.60. The van der Waals surface area contributed by atoms with E-state index in [9.17, 15) is 4.79 Å². The Labute approximate surface area is 98.1 Å². The Kier molecular flexibility index (Phi) is 4.74. The van der Waals surface area contributed by atoms with Gasteiger partial charge in [0.25, 0.3) is 0 Å². The molecule has 0 unspecified atom stereocenters. The normalized spacial score (nSPS) is 11.4. The predicted octanol–water partition coefficient (Wildman–Crippen LogP) is 2.33. The second-order valence-corrected chi connectivity index (χ2v) is 4.31. The van der Waals surface area contributed by atoms with Crippen LogP contribution in [0.5, 0.6) is 0 Å². The number of rotatable bonds is 6. The largest absolute Gasteiger partial charge is 0.348 e. The first kappa shape index (κ1) is 13.0. The van der Waals surface area contributed by atoms with E-state index in [1.165, 1.54) is 0 Å². The summed E-state index contributed by atoms with van der Waals surface area (Å²) in [6, 6.07) is 4.29. The maximum absolute atomic E-state index is 12.0. The molecule has 1 rings (SSSR count). The molecule has 0 aromatic carbocycles. The van der Waals surface area contributed by atoms with Crippen LogP contribution in [0.2, 0.25) is 0 Å². The number of carbonyl (C=O) groups is 1. The number of carbonyl (C=O) groups excluding carboxylic acids is 1. The molecule has 1 aromatic rings. The minimum absolute atomic E-state index is 0.196. The van der Waals surface area contributed by atoms with Crippen molar-refractivity contribution >= 4 is 5.78 Å². The summed E-state index contributed by atoms with van der Waals surface area (Å²) in [5, 5.41) is 0. The van der Waals surface area contributed by atoms with Crippen molar-refractivity contribution in [2.45, 2.75) is 32.7 Å². The van der Waals surface area contributed by atoms with Crippen molar-refractivity contribution in [3.63, 3.8) is 0 Å². The summed E-state index contributed by atoms with van der Waals surface area (Å²) >= 11 is 0. The molecule has 16 heavy (non-hydrogen) atoms. The molecule has 0 aliphatic rings. The van der Waals surface area contributed by atoms with E-state index in [2.05, 4.69) is 18.7 Å². The minimum atomic E-state index is 0.196. The molecule has 0 N–H and O–H groups in total. The van der Waals surface area contributed by atoms with Crippen molar-refractivity contribution in [3.05, 3.63) is 24.0 Å². The van der Waals surface area contributed by atoms with Crippen LogP contribution in [0.3, 0.4) is 0 Å². The van der Waals surface area contributed by atoms with Crippen molar-refractivity contribution in [1.82, 2.24) is 9.47 Å². The second-order valence-electron chi connectivity index (χ2n) is 4.31. The third kappa shape index (κ3) is 2.95. The van der Waals surface area contributed by atoms with Crippen LogP contribution in [0, 0.1) is 0 Å². The van der Waals surface area contributed by atoms with E-state index in [-0.39, 0.29) is 5.78 Å². The van der Waals surface area contributed by atoms with Gasteiger partial charge in [0, 0.05) is 19.3 Å². The fourth-order valence-corrected chi connectivity index (χ4v) is 2.10. The molecule has 0 saturated carbocycles. The monoisotopic (exact) mass is 222 g/mol. The molecule has 0 radical (unpaired) electrons. The van der Waals surface area contributed by atoms with Crippen molar-refractivity contribution in [3.8, 4) is 0 Å². The summed E-state index contributed by atoms with van der Waals surface area (Å²) in [6.07, 6.45) is 4.09. The lowest BCUT2D eigenvalue weighted by atomic mass is 10.1. The van der Waals surface area contributed by atoms with Gasteiger partial charge in [-0.1, -0.05) is 13.8 Å². The number of hydrogen-bond acceptors (Lipinski definition) is 2. The quantitative estimate of drug-likeness (QED) is 0.690. The molecule has 0 aliphatic carbocycles. The lowest BCUT2D eigenvalue weighted by Gasteiger charge is -2.25. The predicted molar refractivity (Wildman–Crippen MR) is 66.7 cm³/mol. The third-order valence-corrected chi connectivity index (χ3v) is 3.19. The molecule has 0 saturated heterocycles. The Morgan fingerprint density at radius 2 is 2.06 bits per heavy atom. The van der Waals surface area contributed by atoms with Crippen LogP contribution in [0.25, 0.3) is 0 Å². The lowest BCUT2D eigenvalue weighted by Crippen LogP contribution is -2.35. The average Bonchev–Trinajstić information content (AvgIpc) is 2.66. The highest BCUT2D eigenvalue weighted by molar-refractivity contribution is 5.96. The maximum atomic E-state index is 12.0. The van der Waals surface area contributed by atoms with Crippen LogP contribution >= 0.6 is 0 Å². The molecular formula is C13H22N2O. The average molecular weight is 222 g/mol. The second kappa shape index (κ2) is 5.85. The summed E-state index contributed by atoms with van der Waals surface area (Å²) in [6.45, 7) is 4.83. The van der Waals surface area contributed by atoms with E-state index < -0.39 is 0 Å². The Balaban J connectivity index is 2.61. The zero-order valence-electron chi connectivity index (χ0n) is 10.7. The van der Waals surface area contributed by atoms with Crippen LogP contribution in [0.15, 0.2) is 18.3 Å². The number of hydrogen-bond donors (Lipinski definition) is 0. The summed E-state index contributed by atoms with van der Waals surface area (Å²) in [4.78, 5) is 14.2. The smallest absolute Gasteiger partial charge is 0.193 e. The summed E-state index contributed by atoms with van der Waals surface area (Å²) in [5.74, 6) is 0.196. The number of Topliss-reactive ketones (excluding diaryl/α,β-unsaturated/α-hetero) is 1. The molecule has 0 spiro atoms. The van der Waals surface area contributed by atoms with Crippen molar-refractivity contribution in [2.24, 2.45) is 7.05 Å². The van der Waals surface area contributed by atoms with Crippen LogP contribution < -0.4 is 0 Å². The molecule has 1 heterocycles. The zero-order chi connectivity index (χ0) is 12.1. The highest BCUT2D eigenvalue weighted by atomic mass is 16.1. The Morgan fingerprint density at radius 3 is 2.50 bits per heavy atom. The first-order valence-electron chi connectivity index (χ1n) is 5.94. The molecule has 0 bridgehead atoms. The standard InChI is InChI=1S/C13H22N2O/c1-5-11(6-2)15(4)10-13(16)12-8-7-9-14(12)3/h7-9,11H,5-6,10H2,1-4H3. The molecule has 90 valence electrons. The SMILES string of the molecule is CCC(CC)N(C)CC(=O)c1cccn1C. The number of ketones is 1. The number of likely N-dealkylation sites (N-methyl/N-ethyl adjacent to an activating group) is 1. The van der Waals surface area contributed by atoms with Gasteiger partial charge in [-0.05, 0) is 32.0 Å². The first-order valence-corrected chi connectivity index (χ1v) is 5.94. The molecule has 0 fully saturated rings.